The summed E-state index contributed by atoms with van der Waals surface area (Å²) < 4.78 is 5.02. The molecule has 0 radical (unpaired) electrons. The summed E-state index contributed by atoms with van der Waals surface area (Å²) in [5.41, 5.74) is 0.678. The zero-order chi connectivity index (χ0) is 18.2. The number of carbonyl (C=O) groups is 3. The molecule has 9 heteroatoms. The van der Waals surface area contributed by atoms with E-state index in [0.29, 0.717) is 20.5 Å². The largest absolute Gasteiger partial charge is 0.460 e. The fourth-order valence-electron chi connectivity index (χ4n) is 1.73. The van der Waals surface area contributed by atoms with Gasteiger partial charge in [-0.1, -0.05) is 35.3 Å². The van der Waals surface area contributed by atoms with E-state index in [1.165, 1.54) is 11.3 Å². The van der Waals surface area contributed by atoms with Crippen molar-refractivity contribution in [2.45, 2.75) is 6.61 Å². The van der Waals surface area contributed by atoms with Gasteiger partial charge in [-0.3, -0.25) is 14.4 Å². The number of benzene rings is 1. The normalized spacial score (nSPS) is 10.2. The Kier molecular flexibility index (Phi) is 7.24. The number of halogens is 2. The van der Waals surface area contributed by atoms with Crippen LogP contribution in [0, 0.1) is 0 Å². The summed E-state index contributed by atoms with van der Waals surface area (Å²) in [6, 6.07) is 8.27. The van der Waals surface area contributed by atoms with Crippen LogP contribution in [0.25, 0.3) is 0 Å². The van der Waals surface area contributed by atoms with Gasteiger partial charge in [0.1, 0.15) is 13.2 Å². The molecule has 0 bridgehead atoms. The Labute approximate surface area is 158 Å². The molecule has 0 atom stereocenters. The van der Waals surface area contributed by atoms with Crippen molar-refractivity contribution < 1.29 is 19.1 Å². The molecular formula is C16H14Cl2N2O4S. The molecular weight excluding hydrogens is 387 g/mol. The average Bonchev–Trinajstić information content (AvgIpc) is 3.13. The Balaban J connectivity index is 1.66. The molecule has 0 saturated heterocycles. The summed E-state index contributed by atoms with van der Waals surface area (Å²) in [4.78, 5) is 35.4. The third-order valence-electron chi connectivity index (χ3n) is 2.97. The number of hydrogen-bond donors (Lipinski definition) is 2. The Hall–Kier alpha value is -2.09. The zero-order valence-corrected chi connectivity index (χ0v) is 15.2. The van der Waals surface area contributed by atoms with E-state index in [2.05, 4.69) is 10.6 Å². The van der Waals surface area contributed by atoms with Crippen molar-refractivity contribution in [2.24, 2.45) is 0 Å². The van der Waals surface area contributed by atoms with Crippen LogP contribution >= 0.6 is 34.5 Å². The number of amides is 2. The Morgan fingerprint density at radius 3 is 2.52 bits per heavy atom. The van der Waals surface area contributed by atoms with Crippen LogP contribution in [0.1, 0.15) is 15.2 Å². The van der Waals surface area contributed by atoms with Crippen LogP contribution in [0.3, 0.4) is 0 Å². The van der Waals surface area contributed by atoms with E-state index < -0.39 is 11.9 Å². The van der Waals surface area contributed by atoms with E-state index >= 15 is 0 Å². The van der Waals surface area contributed by atoms with Gasteiger partial charge in [-0.25, -0.2) is 0 Å². The quantitative estimate of drug-likeness (QED) is 0.699. The maximum absolute atomic E-state index is 11.7. The Morgan fingerprint density at radius 2 is 1.84 bits per heavy atom. The second-order valence-electron chi connectivity index (χ2n) is 4.85. The number of thiophene rings is 1. The van der Waals surface area contributed by atoms with Crippen LogP contribution in [-0.4, -0.2) is 30.9 Å². The van der Waals surface area contributed by atoms with Gasteiger partial charge in [0, 0.05) is 0 Å². The van der Waals surface area contributed by atoms with Crippen LogP contribution in [0.2, 0.25) is 10.0 Å². The van der Waals surface area contributed by atoms with Crippen molar-refractivity contribution in [3.8, 4) is 0 Å². The first kappa shape index (κ1) is 19.2. The molecule has 0 spiro atoms. The summed E-state index contributed by atoms with van der Waals surface area (Å²) in [7, 11) is 0. The summed E-state index contributed by atoms with van der Waals surface area (Å²) in [5.74, 6) is -1.44. The van der Waals surface area contributed by atoms with E-state index in [0.717, 1.165) is 0 Å². The lowest BCUT2D eigenvalue weighted by Gasteiger charge is -2.08. The molecule has 2 N–H and O–H groups in total. The highest BCUT2D eigenvalue weighted by atomic mass is 35.5. The zero-order valence-electron chi connectivity index (χ0n) is 12.9. The third-order valence-corrected chi connectivity index (χ3v) is 4.58. The lowest BCUT2D eigenvalue weighted by molar-refractivity contribution is -0.145. The molecule has 132 valence electrons. The maximum atomic E-state index is 11.7. The van der Waals surface area contributed by atoms with Crippen LogP contribution in [0.15, 0.2) is 35.7 Å². The summed E-state index contributed by atoms with van der Waals surface area (Å²) in [5, 5.41) is 7.37. The fraction of sp³-hybridized carbons (Fsp3) is 0.188. The number of rotatable bonds is 7. The molecule has 1 heterocycles. The fourth-order valence-corrected chi connectivity index (χ4v) is 2.69. The summed E-state index contributed by atoms with van der Waals surface area (Å²) >= 11 is 12.9. The SMILES string of the molecule is O=C(CNC(=O)c1cccs1)NCC(=O)OCc1ccc(Cl)c(Cl)c1. The van der Waals surface area contributed by atoms with Gasteiger partial charge < -0.3 is 15.4 Å². The molecule has 1 aromatic carbocycles. The highest BCUT2D eigenvalue weighted by Gasteiger charge is 2.10. The first-order valence-electron chi connectivity index (χ1n) is 7.13. The van der Waals surface area contributed by atoms with Crippen molar-refractivity contribution in [2.75, 3.05) is 13.1 Å². The highest BCUT2D eigenvalue weighted by Crippen LogP contribution is 2.22. The van der Waals surface area contributed by atoms with Crippen molar-refractivity contribution >= 4 is 52.3 Å². The van der Waals surface area contributed by atoms with E-state index in [4.69, 9.17) is 27.9 Å². The minimum Gasteiger partial charge on any atom is -0.460 e. The molecule has 0 aliphatic heterocycles. The van der Waals surface area contributed by atoms with Gasteiger partial charge >= 0.3 is 5.97 Å². The van der Waals surface area contributed by atoms with Gasteiger partial charge in [-0.2, -0.15) is 0 Å². The molecule has 0 aliphatic rings. The first-order chi connectivity index (χ1) is 12.0. The molecule has 0 fully saturated rings. The van der Waals surface area contributed by atoms with Gasteiger partial charge in [-0.05, 0) is 29.1 Å². The second kappa shape index (κ2) is 9.41. The van der Waals surface area contributed by atoms with Crippen molar-refractivity contribution in [1.82, 2.24) is 10.6 Å². The van der Waals surface area contributed by atoms with E-state index in [9.17, 15) is 14.4 Å². The summed E-state index contributed by atoms with van der Waals surface area (Å²) in [6.45, 7) is -0.507. The summed E-state index contributed by atoms with van der Waals surface area (Å²) in [6.07, 6.45) is 0. The highest BCUT2D eigenvalue weighted by molar-refractivity contribution is 7.12. The van der Waals surface area contributed by atoms with Crippen LogP contribution in [0.4, 0.5) is 0 Å². The minimum atomic E-state index is -0.607. The molecule has 2 amide bonds. The number of esters is 1. The van der Waals surface area contributed by atoms with Crippen molar-refractivity contribution in [3.05, 3.63) is 56.2 Å². The monoisotopic (exact) mass is 400 g/mol. The lowest BCUT2D eigenvalue weighted by Crippen LogP contribution is -2.39. The lowest BCUT2D eigenvalue weighted by atomic mass is 10.2. The molecule has 2 aromatic rings. The first-order valence-corrected chi connectivity index (χ1v) is 8.77. The Morgan fingerprint density at radius 1 is 1.04 bits per heavy atom. The number of nitrogens with one attached hydrogen (secondary N) is 2. The average molecular weight is 401 g/mol. The van der Waals surface area contributed by atoms with Crippen LogP contribution in [0.5, 0.6) is 0 Å². The molecule has 0 unspecified atom stereocenters. The number of hydrogen-bond acceptors (Lipinski definition) is 5. The second-order valence-corrected chi connectivity index (χ2v) is 6.61. The third kappa shape index (κ3) is 6.38. The molecule has 25 heavy (non-hydrogen) atoms. The van der Waals surface area contributed by atoms with Gasteiger partial charge in [0.25, 0.3) is 5.91 Å². The predicted octanol–water partition coefficient (Wildman–Crippen LogP) is 2.64. The van der Waals surface area contributed by atoms with Gasteiger partial charge in [0.2, 0.25) is 5.91 Å². The van der Waals surface area contributed by atoms with Crippen LogP contribution < -0.4 is 10.6 Å². The molecule has 2 rings (SSSR count). The molecule has 6 nitrogen and oxygen atoms in total. The van der Waals surface area contributed by atoms with E-state index in [-0.39, 0.29) is 25.6 Å². The number of carbonyl (C=O) groups excluding carboxylic acids is 3. The smallest absolute Gasteiger partial charge is 0.325 e. The van der Waals surface area contributed by atoms with Gasteiger partial charge in [0.05, 0.1) is 21.5 Å². The Bertz CT molecular complexity index is 766. The standard InChI is InChI=1S/C16H14Cl2N2O4S/c17-11-4-3-10(6-12(11)18)9-24-15(22)8-19-14(21)7-20-16(23)13-2-1-5-25-13/h1-6H,7-9H2,(H,19,21)(H,20,23). The maximum Gasteiger partial charge on any atom is 0.325 e. The van der Waals surface area contributed by atoms with Crippen LogP contribution in [-0.2, 0) is 20.9 Å². The topological polar surface area (TPSA) is 84.5 Å². The van der Waals surface area contributed by atoms with Gasteiger partial charge in [0.15, 0.2) is 0 Å². The minimum absolute atomic E-state index is 0.0146. The van der Waals surface area contributed by atoms with Crippen molar-refractivity contribution in [3.63, 3.8) is 0 Å². The van der Waals surface area contributed by atoms with Gasteiger partial charge in [-0.15, -0.1) is 11.3 Å². The predicted molar refractivity (Wildman–Crippen MR) is 95.9 cm³/mol. The molecule has 0 aliphatic carbocycles. The molecule has 1 aromatic heterocycles. The number of ether oxygens (including phenoxy) is 1. The van der Waals surface area contributed by atoms with E-state index in [1.54, 1.807) is 35.7 Å². The van der Waals surface area contributed by atoms with Crippen molar-refractivity contribution in [1.29, 1.82) is 0 Å². The molecule has 0 saturated carbocycles. The van der Waals surface area contributed by atoms with E-state index in [1.807, 2.05) is 0 Å².